The smallest absolute Gasteiger partial charge is 0.272 e. The van der Waals surface area contributed by atoms with E-state index in [9.17, 15) is 22.0 Å². The summed E-state index contributed by atoms with van der Waals surface area (Å²) in [5.41, 5.74) is 2.54. The minimum Gasteiger partial charge on any atom is -0.454 e. The molecular formula is C24H22F2N2O4S. The second-order valence-electron chi connectivity index (χ2n) is 7.97. The molecule has 2 aromatic carbocycles. The first-order valence-corrected chi connectivity index (χ1v) is 12.3. The zero-order chi connectivity index (χ0) is 23.9. The largest absolute Gasteiger partial charge is 0.454 e. The number of rotatable bonds is 6. The van der Waals surface area contributed by atoms with E-state index < -0.39 is 21.5 Å². The van der Waals surface area contributed by atoms with Crippen molar-refractivity contribution in [3.05, 3.63) is 81.9 Å². The molecule has 2 heterocycles. The zero-order valence-corrected chi connectivity index (χ0v) is 19.1. The van der Waals surface area contributed by atoms with Gasteiger partial charge in [-0.25, -0.2) is 17.2 Å². The molecule has 2 aromatic heterocycles. The van der Waals surface area contributed by atoms with Crippen LogP contribution in [0.15, 0.2) is 53.5 Å². The first-order valence-electron chi connectivity index (χ1n) is 10.2. The Morgan fingerprint density at radius 1 is 1.03 bits per heavy atom. The van der Waals surface area contributed by atoms with Crippen molar-refractivity contribution in [2.45, 2.75) is 19.1 Å². The summed E-state index contributed by atoms with van der Waals surface area (Å²) in [4.78, 5) is 15.5. The van der Waals surface area contributed by atoms with Gasteiger partial charge in [0, 0.05) is 47.8 Å². The van der Waals surface area contributed by atoms with Gasteiger partial charge in [0.25, 0.3) is 5.56 Å². The van der Waals surface area contributed by atoms with Crippen molar-refractivity contribution in [1.82, 2.24) is 9.55 Å². The van der Waals surface area contributed by atoms with Gasteiger partial charge in [-0.2, -0.15) is 0 Å². The Morgan fingerprint density at radius 3 is 2.42 bits per heavy atom. The first-order chi connectivity index (χ1) is 15.6. The quantitative estimate of drug-likeness (QED) is 0.441. The molecule has 0 saturated heterocycles. The fraction of sp³-hybridized carbons (Fsp3) is 0.208. The van der Waals surface area contributed by atoms with Gasteiger partial charge in [-0.1, -0.05) is 13.0 Å². The van der Waals surface area contributed by atoms with E-state index in [0.717, 1.165) is 24.1 Å². The number of benzene rings is 2. The molecule has 0 aliphatic carbocycles. The van der Waals surface area contributed by atoms with Gasteiger partial charge in [0.15, 0.2) is 21.4 Å². The molecule has 0 spiro atoms. The molecule has 4 aromatic rings. The number of halogens is 2. The van der Waals surface area contributed by atoms with Crippen molar-refractivity contribution < 1.29 is 21.9 Å². The number of aromatic amines is 1. The number of sulfone groups is 1. The predicted octanol–water partition coefficient (Wildman–Crippen LogP) is 4.71. The Hall–Kier alpha value is -3.46. The van der Waals surface area contributed by atoms with Crippen LogP contribution < -0.4 is 10.3 Å². The maximum atomic E-state index is 14.3. The van der Waals surface area contributed by atoms with Crippen LogP contribution in [-0.2, 0) is 29.1 Å². The molecule has 1 N–H and O–H groups in total. The van der Waals surface area contributed by atoms with Crippen LogP contribution in [0.5, 0.6) is 11.5 Å². The molecule has 6 nitrogen and oxygen atoms in total. The molecule has 9 heteroatoms. The van der Waals surface area contributed by atoms with Crippen LogP contribution in [0.4, 0.5) is 8.78 Å². The highest BCUT2D eigenvalue weighted by Crippen LogP contribution is 2.39. The van der Waals surface area contributed by atoms with Gasteiger partial charge in [0.05, 0.1) is 5.75 Å². The van der Waals surface area contributed by atoms with Crippen LogP contribution in [0.1, 0.15) is 18.2 Å². The molecule has 0 unspecified atom stereocenters. The molecule has 0 aliphatic heterocycles. The van der Waals surface area contributed by atoms with E-state index >= 15 is 0 Å². The highest BCUT2D eigenvalue weighted by atomic mass is 32.2. The summed E-state index contributed by atoms with van der Waals surface area (Å²) < 4.78 is 58.9. The van der Waals surface area contributed by atoms with Crippen LogP contribution in [0.3, 0.4) is 0 Å². The van der Waals surface area contributed by atoms with Gasteiger partial charge >= 0.3 is 0 Å². The van der Waals surface area contributed by atoms with Crippen LogP contribution in [0, 0.1) is 11.6 Å². The maximum Gasteiger partial charge on any atom is 0.272 e. The van der Waals surface area contributed by atoms with Crippen LogP contribution in [-0.4, -0.2) is 24.2 Å². The Bertz CT molecular complexity index is 1540. The molecule has 172 valence electrons. The van der Waals surface area contributed by atoms with Gasteiger partial charge in [-0.15, -0.1) is 0 Å². The fourth-order valence-corrected chi connectivity index (χ4v) is 4.62. The van der Waals surface area contributed by atoms with Crippen molar-refractivity contribution in [1.29, 1.82) is 0 Å². The summed E-state index contributed by atoms with van der Waals surface area (Å²) in [7, 11) is -1.59. The second-order valence-corrected chi connectivity index (χ2v) is 10.1. The van der Waals surface area contributed by atoms with E-state index in [1.165, 1.54) is 6.07 Å². The normalized spacial score (nSPS) is 11.8. The molecule has 0 aliphatic rings. The van der Waals surface area contributed by atoms with E-state index in [0.29, 0.717) is 34.0 Å². The summed E-state index contributed by atoms with van der Waals surface area (Å²) in [5, 5.41) is 0.652. The van der Waals surface area contributed by atoms with Crippen molar-refractivity contribution in [3.63, 3.8) is 0 Å². The topological polar surface area (TPSA) is 81.2 Å². The van der Waals surface area contributed by atoms with E-state index in [4.69, 9.17) is 4.74 Å². The van der Waals surface area contributed by atoms with E-state index in [2.05, 4.69) is 4.98 Å². The lowest BCUT2D eigenvalue weighted by molar-refractivity contribution is 0.439. The molecule has 0 bridgehead atoms. The van der Waals surface area contributed by atoms with Gasteiger partial charge in [-0.05, 0) is 42.3 Å². The summed E-state index contributed by atoms with van der Waals surface area (Å²) in [6, 6.07) is 9.63. The second kappa shape index (κ2) is 8.47. The number of fused-ring (bicyclic) bond motifs is 1. The number of nitrogens with zero attached hydrogens (tertiary/aromatic N) is 1. The number of nitrogens with one attached hydrogen (secondary N) is 1. The first kappa shape index (κ1) is 22.7. The highest BCUT2D eigenvalue weighted by molar-refractivity contribution is 7.89. The number of pyridine rings is 1. The average Bonchev–Trinajstić information content (AvgIpc) is 3.06. The lowest BCUT2D eigenvalue weighted by Gasteiger charge is -2.13. The monoisotopic (exact) mass is 472 g/mol. The maximum absolute atomic E-state index is 14.3. The Labute approximate surface area is 189 Å². The van der Waals surface area contributed by atoms with Crippen molar-refractivity contribution in [2.75, 3.05) is 6.26 Å². The lowest BCUT2D eigenvalue weighted by atomic mass is 10.0. The van der Waals surface area contributed by atoms with Crippen molar-refractivity contribution in [2.24, 2.45) is 7.05 Å². The summed E-state index contributed by atoms with van der Waals surface area (Å²) in [6.45, 7) is 1.91. The molecule has 33 heavy (non-hydrogen) atoms. The zero-order valence-electron chi connectivity index (χ0n) is 18.3. The van der Waals surface area contributed by atoms with E-state index in [1.54, 1.807) is 36.0 Å². The number of H-pyrrole nitrogens is 1. The SMILES string of the molecule is CCc1cc2c(-c3cc(CS(C)(=O)=O)ccc3Oc3ccc(F)cc3F)cn(C)c2c(=O)[nH]1. The van der Waals surface area contributed by atoms with Gasteiger partial charge in [-0.3, -0.25) is 4.79 Å². The summed E-state index contributed by atoms with van der Waals surface area (Å²) in [6.07, 6.45) is 3.49. The van der Waals surface area contributed by atoms with Crippen molar-refractivity contribution >= 4 is 20.7 Å². The Balaban J connectivity index is 1.96. The Kier molecular flexibility index (Phi) is 5.84. The minimum absolute atomic E-state index is 0.180. The standard InChI is InChI=1S/C24H22F2N2O4S/c1-4-16-11-18-19(12-28(2)23(18)24(29)27-16)17-9-14(13-33(3,30)31)5-7-21(17)32-22-8-6-15(25)10-20(22)26/h5-12H,4,13H2,1-3H3,(H,27,29). The average molecular weight is 473 g/mol. The third-order valence-corrected chi connectivity index (χ3v) is 6.14. The highest BCUT2D eigenvalue weighted by Gasteiger charge is 2.19. The number of hydrogen-bond acceptors (Lipinski definition) is 4. The number of aromatic nitrogens is 2. The minimum atomic E-state index is -3.32. The lowest BCUT2D eigenvalue weighted by Crippen LogP contribution is -2.11. The molecule has 0 fully saturated rings. The predicted molar refractivity (Wildman–Crippen MR) is 123 cm³/mol. The molecule has 0 saturated carbocycles. The molecule has 4 rings (SSSR count). The van der Waals surface area contributed by atoms with Crippen molar-refractivity contribution in [3.8, 4) is 22.6 Å². The number of aryl methyl sites for hydroxylation is 2. The third kappa shape index (κ3) is 4.68. The van der Waals surface area contributed by atoms with Crippen LogP contribution in [0.25, 0.3) is 22.0 Å². The van der Waals surface area contributed by atoms with Crippen LogP contribution in [0.2, 0.25) is 0 Å². The summed E-state index contributed by atoms with van der Waals surface area (Å²) >= 11 is 0. The molecule has 0 atom stereocenters. The molecule has 0 amide bonds. The van der Waals surface area contributed by atoms with Gasteiger partial charge in [0.1, 0.15) is 17.1 Å². The molecular weight excluding hydrogens is 450 g/mol. The summed E-state index contributed by atoms with van der Waals surface area (Å²) in [5.74, 6) is -1.74. The van der Waals surface area contributed by atoms with E-state index in [-0.39, 0.29) is 22.8 Å². The number of ether oxygens (including phenoxy) is 1. The van der Waals surface area contributed by atoms with E-state index in [1.807, 2.05) is 13.0 Å². The number of hydrogen-bond donors (Lipinski definition) is 1. The van der Waals surface area contributed by atoms with Gasteiger partial charge in [0.2, 0.25) is 0 Å². The third-order valence-electron chi connectivity index (χ3n) is 5.29. The van der Waals surface area contributed by atoms with Crippen LogP contribution >= 0.6 is 0 Å². The Morgan fingerprint density at radius 2 is 1.76 bits per heavy atom. The molecule has 0 radical (unpaired) electrons. The van der Waals surface area contributed by atoms with Gasteiger partial charge < -0.3 is 14.3 Å². The fourth-order valence-electron chi connectivity index (χ4n) is 3.84.